The van der Waals surface area contributed by atoms with Crippen LogP contribution >= 0.6 is 0 Å². The average Bonchev–Trinajstić information content (AvgIpc) is 2.83. The highest BCUT2D eigenvalue weighted by molar-refractivity contribution is 6.02. The Hall–Kier alpha value is -3.59. The molecule has 2 aromatic rings. The molecule has 4 amide bonds. The van der Waals surface area contributed by atoms with Crippen LogP contribution < -0.4 is 15.5 Å². The van der Waals surface area contributed by atoms with Crippen LogP contribution in [0.4, 0.5) is 16.2 Å². The van der Waals surface area contributed by atoms with Gasteiger partial charge in [0.2, 0.25) is 5.91 Å². The molecule has 0 spiro atoms. The fraction of sp³-hybridized carbons (Fsp3) is 0.444. The molecule has 0 aromatic heterocycles. The second kappa shape index (κ2) is 11.9. The number of ether oxygens (including phenoxy) is 1. The van der Waals surface area contributed by atoms with Crippen LogP contribution in [-0.2, 0) is 16.1 Å². The first-order chi connectivity index (χ1) is 17.1. The quantitative estimate of drug-likeness (QED) is 0.615. The third-order valence-corrected chi connectivity index (χ3v) is 5.78. The second-order valence-corrected chi connectivity index (χ2v) is 10.0. The number of nitrogens with one attached hydrogen (secondary N) is 2. The predicted octanol–water partition coefficient (Wildman–Crippen LogP) is 3.17. The summed E-state index contributed by atoms with van der Waals surface area (Å²) in [6.07, 6.45) is 0. The van der Waals surface area contributed by atoms with Crippen LogP contribution in [0.25, 0.3) is 0 Å². The van der Waals surface area contributed by atoms with Crippen LogP contribution in [0.15, 0.2) is 48.5 Å². The van der Waals surface area contributed by atoms with Gasteiger partial charge in [0, 0.05) is 63.8 Å². The van der Waals surface area contributed by atoms with E-state index in [0.717, 1.165) is 11.3 Å². The number of hydrogen-bond donors (Lipinski definition) is 2. The molecule has 36 heavy (non-hydrogen) atoms. The predicted molar refractivity (Wildman–Crippen MR) is 141 cm³/mol. The van der Waals surface area contributed by atoms with Gasteiger partial charge in [-0.1, -0.05) is 30.3 Å². The van der Waals surface area contributed by atoms with E-state index in [1.54, 1.807) is 29.0 Å². The highest BCUT2D eigenvalue weighted by Gasteiger charge is 2.27. The largest absolute Gasteiger partial charge is 0.375 e. The molecule has 0 radical (unpaired) electrons. The van der Waals surface area contributed by atoms with Crippen molar-refractivity contribution in [2.45, 2.75) is 32.9 Å². The third kappa shape index (κ3) is 7.45. The fourth-order valence-corrected chi connectivity index (χ4v) is 4.07. The summed E-state index contributed by atoms with van der Waals surface area (Å²) in [6, 6.07) is 15.1. The van der Waals surface area contributed by atoms with Crippen molar-refractivity contribution >= 4 is 29.2 Å². The van der Waals surface area contributed by atoms with Crippen LogP contribution in [0.3, 0.4) is 0 Å². The number of hydrogen-bond acceptors (Lipinski definition) is 5. The van der Waals surface area contributed by atoms with E-state index in [-0.39, 0.29) is 30.0 Å². The molecular formula is C27H37N5O4. The van der Waals surface area contributed by atoms with Gasteiger partial charge >= 0.3 is 6.03 Å². The summed E-state index contributed by atoms with van der Waals surface area (Å²) in [4.78, 5) is 43.8. The summed E-state index contributed by atoms with van der Waals surface area (Å²) >= 11 is 0. The van der Waals surface area contributed by atoms with Gasteiger partial charge in [0.1, 0.15) is 6.61 Å². The van der Waals surface area contributed by atoms with Gasteiger partial charge in [-0.3, -0.25) is 9.59 Å². The molecule has 0 saturated carbocycles. The molecule has 9 heteroatoms. The molecule has 1 aliphatic rings. The van der Waals surface area contributed by atoms with Crippen molar-refractivity contribution in [2.75, 3.05) is 57.2 Å². The van der Waals surface area contributed by atoms with Crippen molar-refractivity contribution < 1.29 is 19.1 Å². The number of urea groups is 1. The van der Waals surface area contributed by atoms with E-state index in [2.05, 4.69) is 15.5 Å². The zero-order chi connectivity index (χ0) is 26.3. The number of nitrogens with zero attached hydrogens (tertiary/aromatic N) is 3. The number of benzene rings is 2. The van der Waals surface area contributed by atoms with Crippen LogP contribution in [0, 0.1) is 0 Å². The standard InChI is InChI=1S/C27H37N5O4/c1-27(2,3)29-26(35)32-15-13-31(14-16-32)23-12-11-21(28-24(33)19-36-5)17-22(23)25(34)30(4)18-20-9-7-6-8-10-20/h6-12,17H,13-16,18-19H2,1-5H3,(H,28,33)(H,29,35). The van der Waals surface area contributed by atoms with Gasteiger partial charge in [-0.2, -0.15) is 0 Å². The number of carbonyl (C=O) groups excluding carboxylic acids is 3. The first-order valence-electron chi connectivity index (χ1n) is 12.1. The number of carbonyl (C=O) groups is 3. The van der Waals surface area contributed by atoms with E-state index in [0.29, 0.717) is 44.0 Å². The van der Waals surface area contributed by atoms with Crippen LogP contribution in [0.2, 0.25) is 0 Å². The molecule has 0 bridgehead atoms. The topological polar surface area (TPSA) is 94.2 Å². The summed E-state index contributed by atoms with van der Waals surface area (Å²) < 4.78 is 4.90. The first-order valence-corrected chi connectivity index (χ1v) is 12.1. The Balaban J connectivity index is 1.81. The SMILES string of the molecule is COCC(=O)Nc1ccc(N2CCN(C(=O)NC(C)(C)C)CC2)c(C(=O)N(C)Cc2ccccc2)c1. The molecule has 1 saturated heterocycles. The number of rotatable bonds is 7. The molecule has 2 N–H and O–H groups in total. The molecule has 0 atom stereocenters. The van der Waals surface area contributed by atoms with E-state index < -0.39 is 0 Å². The fourth-order valence-electron chi connectivity index (χ4n) is 4.07. The molecule has 194 valence electrons. The summed E-state index contributed by atoms with van der Waals surface area (Å²) in [5, 5.41) is 5.79. The molecule has 2 aromatic carbocycles. The lowest BCUT2D eigenvalue weighted by Crippen LogP contribution is -2.55. The Morgan fingerprint density at radius 1 is 1.00 bits per heavy atom. The van der Waals surface area contributed by atoms with Gasteiger partial charge in [0.15, 0.2) is 0 Å². The maximum atomic E-state index is 13.6. The van der Waals surface area contributed by atoms with Crippen molar-refractivity contribution in [2.24, 2.45) is 0 Å². The second-order valence-electron chi connectivity index (χ2n) is 10.0. The average molecular weight is 496 g/mol. The van der Waals surface area contributed by atoms with Gasteiger partial charge in [-0.15, -0.1) is 0 Å². The van der Waals surface area contributed by atoms with Gasteiger partial charge in [0.05, 0.1) is 5.56 Å². The van der Waals surface area contributed by atoms with Gasteiger partial charge < -0.3 is 30.1 Å². The first kappa shape index (κ1) is 27.0. The lowest BCUT2D eigenvalue weighted by atomic mass is 10.1. The van der Waals surface area contributed by atoms with Crippen LogP contribution in [-0.4, -0.2) is 80.1 Å². The van der Waals surface area contributed by atoms with E-state index in [1.165, 1.54) is 7.11 Å². The maximum absolute atomic E-state index is 13.6. The lowest BCUT2D eigenvalue weighted by molar-refractivity contribution is -0.119. The maximum Gasteiger partial charge on any atom is 0.317 e. The molecule has 1 fully saturated rings. The Bertz CT molecular complexity index is 1060. The number of amides is 4. The van der Waals surface area contributed by atoms with E-state index in [4.69, 9.17) is 4.74 Å². The normalized spacial score (nSPS) is 13.8. The number of piperazine rings is 1. The zero-order valence-electron chi connectivity index (χ0n) is 21.8. The van der Waals surface area contributed by atoms with E-state index in [9.17, 15) is 14.4 Å². The monoisotopic (exact) mass is 495 g/mol. The Labute approximate surface area is 213 Å². The molecule has 0 unspecified atom stereocenters. The van der Waals surface area contributed by atoms with E-state index >= 15 is 0 Å². The van der Waals surface area contributed by atoms with Gasteiger partial charge in [0.25, 0.3) is 5.91 Å². The van der Waals surface area contributed by atoms with Crippen molar-refractivity contribution in [1.82, 2.24) is 15.1 Å². The number of methoxy groups -OCH3 is 1. The summed E-state index contributed by atoms with van der Waals surface area (Å²) in [6.45, 7) is 8.53. The zero-order valence-corrected chi connectivity index (χ0v) is 21.8. The number of anilines is 2. The minimum Gasteiger partial charge on any atom is -0.375 e. The van der Waals surface area contributed by atoms with Crippen molar-refractivity contribution in [1.29, 1.82) is 0 Å². The molecule has 9 nitrogen and oxygen atoms in total. The Kier molecular flexibility index (Phi) is 8.93. The van der Waals surface area contributed by atoms with Gasteiger partial charge in [-0.25, -0.2) is 4.79 Å². The van der Waals surface area contributed by atoms with Crippen molar-refractivity contribution in [3.63, 3.8) is 0 Å². The van der Waals surface area contributed by atoms with E-state index in [1.807, 2.05) is 57.2 Å². The minimum atomic E-state index is -0.305. The lowest BCUT2D eigenvalue weighted by Gasteiger charge is -2.38. The van der Waals surface area contributed by atoms with Crippen LogP contribution in [0.1, 0.15) is 36.7 Å². The Morgan fingerprint density at radius 3 is 2.28 bits per heavy atom. The van der Waals surface area contributed by atoms with Gasteiger partial charge in [-0.05, 0) is 44.5 Å². The molecule has 1 heterocycles. The summed E-state index contributed by atoms with van der Waals surface area (Å²) in [7, 11) is 3.22. The highest BCUT2D eigenvalue weighted by Crippen LogP contribution is 2.27. The van der Waals surface area contributed by atoms with Crippen molar-refractivity contribution in [3.8, 4) is 0 Å². The molecule has 0 aliphatic carbocycles. The molecule has 1 aliphatic heterocycles. The minimum absolute atomic E-state index is 0.0719. The smallest absolute Gasteiger partial charge is 0.317 e. The molecular weight excluding hydrogens is 458 g/mol. The Morgan fingerprint density at radius 2 is 1.67 bits per heavy atom. The summed E-state index contributed by atoms with van der Waals surface area (Å²) in [5.74, 6) is -0.440. The van der Waals surface area contributed by atoms with Crippen LogP contribution in [0.5, 0.6) is 0 Å². The summed E-state index contributed by atoms with van der Waals surface area (Å²) in [5.41, 5.74) is 2.52. The third-order valence-electron chi connectivity index (χ3n) is 5.78. The van der Waals surface area contributed by atoms with Crippen molar-refractivity contribution in [3.05, 3.63) is 59.7 Å². The highest BCUT2D eigenvalue weighted by atomic mass is 16.5. The molecule has 3 rings (SSSR count).